The predicted molar refractivity (Wildman–Crippen MR) is 60.9 cm³/mol. The van der Waals surface area contributed by atoms with Crippen molar-refractivity contribution in [1.29, 1.82) is 0 Å². The molecule has 0 aliphatic rings. The van der Waals surface area contributed by atoms with Crippen LogP contribution in [-0.4, -0.2) is 40.9 Å². The van der Waals surface area contributed by atoms with Crippen molar-refractivity contribution in [2.24, 2.45) is 0 Å². The minimum atomic E-state index is 0.449. The maximum atomic E-state index is 4.26. The minimum absolute atomic E-state index is 0.449. The molecule has 1 unspecified atom stereocenters. The molecule has 0 aliphatic heterocycles. The summed E-state index contributed by atoms with van der Waals surface area (Å²) in [4.78, 5) is 6.44. The molecule has 0 amide bonds. The van der Waals surface area contributed by atoms with Crippen LogP contribution < -0.4 is 5.32 Å². The van der Waals surface area contributed by atoms with E-state index in [0.29, 0.717) is 6.04 Å². The van der Waals surface area contributed by atoms with E-state index in [0.717, 1.165) is 23.9 Å². The van der Waals surface area contributed by atoms with Crippen LogP contribution in [0.5, 0.6) is 0 Å². The highest BCUT2D eigenvalue weighted by Crippen LogP contribution is 2.12. The van der Waals surface area contributed by atoms with Crippen LogP contribution in [0.15, 0.2) is 0 Å². The molecule has 1 N–H and O–H groups in total. The lowest BCUT2D eigenvalue weighted by molar-refractivity contribution is 0.390. The molecule has 4 nitrogen and oxygen atoms in total. The van der Waals surface area contributed by atoms with Crippen molar-refractivity contribution in [2.75, 3.05) is 26.0 Å². The van der Waals surface area contributed by atoms with Crippen molar-refractivity contribution in [3.63, 3.8) is 0 Å². The normalized spacial score (nSPS) is 13.2. The van der Waals surface area contributed by atoms with E-state index in [4.69, 9.17) is 0 Å². The van der Waals surface area contributed by atoms with E-state index in [1.807, 2.05) is 6.92 Å². The Labute approximate surface area is 89.5 Å². The number of aromatic nitrogens is 2. The van der Waals surface area contributed by atoms with Crippen molar-refractivity contribution in [3.05, 3.63) is 5.82 Å². The van der Waals surface area contributed by atoms with Crippen molar-refractivity contribution in [1.82, 2.24) is 14.3 Å². The molecule has 1 aromatic heterocycles. The highest BCUT2D eigenvalue weighted by molar-refractivity contribution is 7.09. The SMILES string of the molecule is Cc1nsc(NC(C)CCN(C)C)n1. The van der Waals surface area contributed by atoms with Gasteiger partial charge in [0.1, 0.15) is 5.82 Å². The van der Waals surface area contributed by atoms with Crippen molar-refractivity contribution < 1.29 is 0 Å². The lowest BCUT2D eigenvalue weighted by Gasteiger charge is -2.15. The quantitative estimate of drug-likeness (QED) is 0.808. The molecule has 0 aromatic carbocycles. The van der Waals surface area contributed by atoms with E-state index in [-0.39, 0.29) is 0 Å². The number of aryl methyl sites for hydroxylation is 1. The van der Waals surface area contributed by atoms with Gasteiger partial charge in [-0.2, -0.15) is 4.37 Å². The summed E-state index contributed by atoms with van der Waals surface area (Å²) in [7, 11) is 4.17. The van der Waals surface area contributed by atoms with E-state index >= 15 is 0 Å². The van der Waals surface area contributed by atoms with Gasteiger partial charge in [0.25, 0.3) is 0 Å². The molecule has 5 heteroatoms. The molecule has 0 spiro atoms. The standard InChI is InChI=1S/C9H18N4S/c1-7(5-6-13(3)4)10-9-11-8(2)12-14-9/h7H,5-6H2,1-4H3,(H,10,11,12). The number of nitrogens with one attached hydrogen (secondary N) is 1. The minimum Gasteiger partial charge on any atom is -0.358 e. The van der Waals surface area contributed by atoms with Gasteiger partial charge in [0.05, 0.1) is 0 Å². The molecule has 0 fully saturated rings. The number of hydrogen-bond donors (Lipinski definition) is 1. The van der Waals surface area contributed by atoms with Crippen LogP contribution in [-0.2, 0) is 0 Å². The average molecular weight is 214 g/mol. The van der Waals surface area contributed by atoms with E-state index in [1.165, 1.54) is 11.5 Å². The Balaban J connectivity index is 2.30. The van der Waals surface area contributed by atoms with Crippen LogP contribution >= 0.6 is 11.5 Å². The van der Waals surface area contributed by atoms with Crippen molar-refractivity contribution in [2.45, 2.75) is 26.3 Å². The monoisotopic (exact) mass is 214 g/mol. The predicted octanol–water partition coefficient (Wildman–Crippen LogP) is 1.60. The van der Waals surface area contributed by atoms with Crippen molar-refractivity contribution >= 4 is 16.7 Å². The third-order valence-corrected chi connectivity index (χ3v) is 2.64. The molecule has 80 valence electrons. The summed E-state index contributed by atoms with van der Waals surface area (Å²) in [6.07, 6.45) is 1.12. The maximum Gasteiger partial charge on any atom is 0.202 e. The average Bonchev–Trinajstić information content (AvgIpc) is 2.48. The summed E-state index contributed by atoms with van der Waals surface area (Å²) >= 11 is 1.43. The fourth-order valence-corrected chi connectivity index (χ4v) is 1.78. The van der Waals surface area contributed by atoms with Crippen LogP contribution in [0, 0.1) is 6.92 Å². The van der Waals surface area contributed by atoms with Crippen LogP contribution in [0.25, 0.3) is 0 Å². The van der Waals surface area contributed by atoms with Crippen LogP contribution in [0.3, 0.4) is 0 Å². The van der Waals surface area contributed by atoms with Crippen LogP contribution in [0.4, 0.5) is 5.13 Å². The maximum absolute atomic E-state index is 4.26. The Hall–Kier alpha value is -0.680. The Bertz CT molecular complexity index is 272. The number of anilines is 1. The molecule has 1 heterocycles. The van der Waals surface area contributed by atoms with E-state index in [9.17, 15) is 0 Å². The highest BCUT2D eigenvalue weighted by atomic mass is 32.1. The van der Waals surface area contributed by atoms with Gasteiger partial charge in [-0.05, 0) is 40.9 Å². The zero-order chi connectivity index (χ0) is 10.6. The Morgan fingerprint density at radius 3 is 2.71 bits per heavy atom. The summed E-state index contributed by atoms with van der Waals surface area (Å²) in [5, 5.41) is 4.26. The molecule has 0 bridgehead atoms. The van der Waals surface area contributed by atoms with Crippen LogP contribution in [0.1, 0.15) is 19.2 Å². The van der Waals surface area contributed by atoms with E-state index in [2.05, 4.69) is 40.6 Å². The molecule has 0 saturated heterocycles. The first-order valence-electron chi connectivity index (χ1n) is 4.79. The molecular formula is C9H18N4S. The van der Waals surface area contributed by atoms with Gasteiger partial charge in [0.15, 0.2) is 0 Å². The number of rotatable bonds is 5. The smallest absolute Gasteiger partial charge is 0.202 e. The second kappa shape index (κ2) is 5.26. The summed E-state index contributed by atoms with van der Waals surface area (Å²) in [5.41, 5.74) is 0. The molecule has 1 rings (SSSR count). The van der Waals surface area contributed by atoms with Gasteiger partial charge in [-0.25, -0.2) is 4.98 Å². The first kappa shape index (κ1) is 11.4. The van der Waals surface area contributed by atoms with Gasteiger partial charge in [0, 0.05) is 17.6 Å². The second-order valence-electron chi connectivity index (χ2n) is 3.78. The topological polar surface area (TPSA) is 41.1 Å². The van der Waals surface area contributed by atoms with Crippen LogP contribution in [0.2, 0.25) is 0 Å². The molecule has 1 aromatic rings. The van der Waals surface area contributed by atoms with Gasteiger partial charge in [-0.15, -0.1) is 0 Å². The Kier molecular flexibility index (Phi) is 4.28. The molecule has 1 atom stereocenters. The highest BCUT2D eigenvalue weighted by Gasteiger charge is 2.05. The second-order valence-corrected chi connectivity index (χ2v) is 4.54. The number of hydrogen-bond acceptors (Lipinski definition) is 5. The largest absolute Gasteiger partial charge is 0.358 e. The summed E-state index contributed by atoms with van der Waals surface area (Å²) in [6.45, 7) is 5.17. The zero-order valence-corrected chi connectivity index (χ0v) is 10.1. The lowest BCUT2D eigenvalue weighted by Crippen LogP contribution is -2.22. The molecular weight excluding hydrogens is 196 g/mol. The lowest BCUT2D eigenvalue weighted by atomic mass is 10.2. The van der Waals surface area contributed by atoms with Gasteiger partial charge in [-0.3, -0.25) is 0 Å². The molecule has 0 saturated carbocycles. The molecule has 14 heavy (non-hydrogen) atoms. The third-order valence-electron chi connectivity index (χ3n) is 1.91. The summed E-state index contributed by atoms with van der Waals surface area (Å²) in [6, 6.07) is 0.449. The van der Waals surface area contributed by atoms with E-state index < -0.39 is 0 Å². The fraction of sp³-hybridized carbons (Fsp3) is 0.778. The first-order chi connectivity index (χ1) is 6.58. The molecule has 0 radical (unpaired) electrons. The Morgan fingerprint density at radius 1 is 1.50 bits per heavy atom. The molecule has 0 aliphatic carbocycles. The van der Waals surface area contributed by atoms with E-state index in [1.54, 1.807) is 0 Å². The van der Waals surface area contributed by atoms with Gasteiger partial charge in [-0.1, -0.05) is 0 Å². The van der Waals surface area contributed by atoms with Gasteiger partial charge >= 0.3 is 0 Å². The summed E-state index contributed by atoms with van der Waals surface area (Å²) in [5.74, 6) is 0.845. The summed E-state index contributed by atoms with van der Waals surface area (Å²) < 4.78 is 4.12. The first-order valence-corrected chi connectivity index (χ1v) is 5.57. The fourth-order valence-electron chi connectivity index (χ4n) is 1.09. The Morgan fingerprint density at radius 2 is 2.21 bits per heavy atom. The van der Waals surface area contributed by atoms with Gasteiger partial charge < -0.3 is 10.2 Å². The third kappa shape index (κ3) is 4.02. The number of nitrogens with zero attached hydrogens (tertiary/aromatic N) is 3. The van der Waals surface area contributed by atoms with Crippen molar-refractivity contribution in [3.8, 4) is 0 Å². The zero-order valence-electron chi connectivity index (χ0n) is 9.24. The van der Waals surface area contributed by atoms with Gasteiger partial charge in [0.2, 0.25) is 5.13 Å².